The summed E-state index contributed by atoms with van der Waals surface area (Å²) in [6.45, 7) is 5.95. The molecular formula is C13H14FN3. The van der Waals surface area contributed by atoms with Crippen LogP contribution in [0.15, 0.2) is 37.2 Å². The molecule has 0 radical (unpaired) electrons. The fraction of sp³-hybridized carbons (Fsp3) is 0.154. The molecular weight excluding hydrogens is 217 g/mol. The van der Waals surface area contributed by atoms with Gasteiger partial charge in [0.1, 0.15) is 17.3 Å². The van der Waals surface area contributed by atoms with Crippen LogP contribution in [0.5, 0.6) is 0 Å². The summed E-state index contributed by atoms with van der Waals surface area (Å²) in [5.41, 5.74) is 7.84. The molecule has 2 aromatic rings. The predicted octanol–water partition coefficient (Wildman–Crippen LogP) is 2.77. The number of hydrogen-bond acceptors (Lipinski definition) is 2. The highest BCUT2D eigenvalue weighted by Gasteiger charge is 2.10. The van der Waals surface area contributed by atoms with Gasteiger partial charge in [-0.25, -0.2) is 9.37 Å². The average Bonchev–Trinajstić information content (AvgIpc) is 2.66. The Morgan fingerprint density at radius 2 is 2.29 bits per heavy atom. The number of allylic oxidation sites excluding steroid dienone is 1. The van der Waals surface area contributed by atoms with Crippen LogP contribution in [0.3, 0.4) is 0 Å². The Balaban J connectivity index is 2.46. The second-order valence-electron chi connectivity index (χ2n) is 3.88. The summed E-state index contributed by atoms with van der Waals surface area (Å²) in [7, 11) is 0. The van der Waals surface area contributed by atoms with E-state index in [1.165, 1.54) is 6.07 Å². The summed E-state index contributed by atoms with van der Waals surface area (Å²) < 4.78 is 15.2. The SMILES string of the molecule is C=CCn1cnc(-c2ccc(C)c(F)c2)c1N. The molecule has 0 aliphatic heterocycles. The average molecular weight is 231 g/mol. The third-order valence-electron chi connectivity index (χ3n) is 2.65. The molecule has 0 saturated carbocycles. The van der Waals surface area contributed by atoms with Gasteiger partial charge in [0, 0.05) is 12.1 Å². The highest BCUT2D eigenvalue weighted by molar-refractivity contribution is 5.70. The van der Waals surface area contributed by atoms with Crippen molar-refractivity contribution < 1.29 is 4.39 Å². The second kappa shape index (κ2) is 4.41. The standard InChI is InChI=1S/C13H14FN3/c1-3-6-17-8-16-12(13(17)15)10-5-4-9(2)11(14)7-10/h3-5,7-8H,1,6,15H2,2H3. The van der Waals surface area contributed by atoms with Crippen LogP contribution in [0.25, 0.3) is 11.3 Å². The number of aryl methyl sites for hydroxylation is 1. The number of rotatable bonds is 3. The summed E-state index contributed by atoms with van der Waals surface area (Å²) in [6.07, 6.45) is 3.36. The van der Waals surface area contributed by atoms with E-state index in [1.807, 2.05) is 6.07 Å². The number of anilines is 1. The van der Waals surface area contributed by atoms with Crippen LogP contribution in [0.4, 0.5) is 10.2 Å². The van der Waals surface area contributed by atoms with Crippen molar-refractivity contribution in [1.29, 1.82) is 0 Å². The van der Waals surface area contributed by atoms with Crippen LogP contribution in [-0.2, 0) is 6.54 Å². The first-order valence-electron chi connectivity index (χ1n) is 5.31. The fourth-order valence-corrected chi connectivity index (χ4v) is 1.64. The quantitative estimate of drug-likeness (QED) is 0.825. The first-order valence-corrected chi connectivity index (χ1v) is 5.31. The Hall–Kier alpha value is -2.10. The van der Waals surface area contributed by atoms with E-state index in [2.05, 4.69) is 11.6 Å². The molecule has 0 aliphatic rings. The van der Waals surface area contributed by atoms with E-state index >= 15 is 0 Å². The van der Waals surface area contributed by atoms with E-state index in [4.69, 9.17) is 5.73 Å². The monoisotopic (exact) mass is 231 g/mol. The predicted molar refractivity (Wildman–Crippen MR) is 67.0 cm³/mol. The van der Waals surface area contributed by atoms with Crippen LogP contribution < -0.4 is 5.73 Å². The van der Waals surface area contributed by atoms with Crippen LogP contribution in [-0.4, -0.2) is 9.55 Å². The number of hydrogen-bond donors (Lipinski definition) is 1. The van der Waals surface area contributed by atoms with Crippen LogP contribution >= 0.6 is 0 Å². The molecule has 0 aliphatic carbocycles. The Kier molecular flexibility index (Phi) is 2.95. The topological polar surface area (TPSA) is 43.8 Å². The minimum Gasteiger partial charge on any atom is -0.383 e. The minimum absolute atomic E-state index is 0.250. The van der Waals surface area contributed by atoms with Gasteiger partial charge in [-0.2, -0.15) is 0 Å². The molecule has 0 saturated heterocycles. The third-order valence-corrected chi connectivity index (χ3v) is 2.65. The maximum absolute atomic E-state index is 13.5. The van der Waals surface area contributed by atoms with Crippen molar-refractivity contribution in [3.8, 4) is 11.3 Å². The molecule has 0 amide bonds. The van der Waals surface area contributed by atoms with Crippen molar-refractivity contribution in [3.05, 3.63) is 48.6 Å². The van der Waals surface area contributed by atoms with E-state index in [0.29, 0.717) is 29.2 Å². The molecule has 0 bridgehead atoms. The molecule has 3 nitrogen and oxygen atoms in total. The third kappa shape index (κ3) is 2.06. The first-order chi connectivity index (χ1) is 8.13. The molecule has 4 heteroatoms. The molecule has 88 valence electrons. The zero-order valence-corrected chi connectivity index (χ0v) is 9.65. The normalized spacial score (nSPS) is 10.5. The molecule has 1 heterocycles. The van der Waals surface area contributed by atoms with Gasteiger partial charge >= 0.3 is 0 Å². The van der Waals surface area contributed by atoms with E-state index in [-0.39, 0.29) is 5.82 Å². The highest BCUT2D eigenvalue weighted by Crippen LogP contribution is 2.25. The van der Waals surface area contributed by atoms with Gasteiger partial charge in [0.15, 0.2) is 0 Å². The minimum atomic E-state index is -0.250. The van der Waals surface area contributed by atoms with Gasteiger partial charge in [-0.15, -0.1) is 6.58 Å². The van der Waals surface area contributed by atoms with E-state index in [9.17, 15) is 4.39 Å². The number of imidazole rings is 1. The lowest BCUT2D eigenvalue weighted by atomic mass is 10.1. The van der Waals surface area contributed by atoms with E-state index in [1.54, 1.807) is 30.0 Å². The van der Waals surface area contributed by atoms with Crippen LogP contribution in [0.1, 0.15) is 5.56 Å². The molecule has 2 N–H and O–H groups in total. The van der Waals surface area contributed by atoms with Gasteiger partial charge in [0.2, 0.25) is 0 Å². The maximum Gasteiger partial charge on any atom is 0.131 e. The van der Waals surface area contributed by atoms with Crippen molar-refractivity contribution in [2.45, 2.75) is 13.5 Å². The summed E-state index contributed by atoms with van der Waals surface area (Å²) in [6, 6.07) is 4.98. The summed E-state index contributed by atoms with van der Waals surface area (Å²) in [5.74, 6) is 0.272. The largest absolute Gasteiger partial charge is 0.383 e. The Morgan fingerprint density at radius 1 is 1.53 bits per heavy atom. The molecule has 2 rings (SSSR count). The van der Waals surface area contributed by atoms with Gasteiger partial charge in [-0.1, -0.05) is 18.2 Å². The molecule has 0 unspecified atom stereocenters. The highest BCUT2D eigenvalue weighted by atomic mass is 19.1. The number of nitrogen functional groups attached to an aromatic ring is 1. The van der Waals surface area contributed by atoms with Crippen molar-refractivity contribution in [2.75, 3.05) is 5.73 Å². The van der Waals surface area contributed by atoms with Crippen molar-refractivity contribution in [1.82, 2.24) is 9.55 Å². The Labute approximate surface area is 99.4 Å². The zero-order valence-electron chi connectivity index (χ0n) is 9.65. The van der Waals surface area contributed by atoms with Gasteiger partial charge in [0.05, 0.1) is 6.33 Å². The number of nitrogens with two attached hydrogens (primary N) is 1. The molecule has 1 aromatic heterocycles. The van der Waals surface area contributed by atoms with Gasteiger partial charge in [-0.3, -0.25) is 0 Å². The fourth-order valence-electron chi connectivity index (χ4n) is 1.64. The van der Waals surface area contributed by atoms with Crippen LogP contribution in [0.2, 0.25) is 0 Å². The van der Waals surface area contributed by atoms with Crippen LogP contribution in [0, 0.1) is 12.7 Å². The first kappa shape index (κ1) is 11.4. The molecule has 0 spiro atoms. The van der Waals surface area contributed by atoms with E-state index < -0.39 is 0 Å². The summed E-state index contributed by atoms with van der Waals surface area (Å²) >= 11 is 0. The molecule has 17 heavy (non-hydrogen) atoms. The maximum atomic E-state index is 13.5. The lowest BCUT2D eigenvalue weighted by Crippen LogP contribution is -2.00. The smallest absolute Gasteiger partial charge is 0.131 e. The van der Waals surface area contributed by atoms with Gasteiger partial charge in [0.25, 0.3) is 0 Å². The summed E-state index contributed by atoms with van der Waals surface area (Å²) in [5, 5.41) is 0. The van der Waals surface area contributed by atoms with Gasteiger partial charge < -0.3 is 10.3 Å². The van der Waals surface area contributed by atoms with E-state index in [0.717, 1.165) is 0 Å². The second-order valence-corrected chi connectivity index (χ2v) is 3.88. The zero-order chi connectivity index (χ0) is 12.4. The van der Waals surface area contributed by atoms with Gasteiger partial charge in [-0.05, 0) is 18.6 Å². The molecule has 0 fully saturated rings. The molecule has 1 aromatic carbocycles. The lowest BCUT2D eigenvalue weighted by Gasteiger charge is -2.04. The van der Waals surface area contributed by atoms with Crippen molar-refractivity contribution in [3.63, 3.8) is 0 Å². The van der Waals surface area contributed by atoms with Crippen molar-refractivity contribution >= 4 is 5.82 Å². The number of halogens is 1. The van der Waals surface area contributed by atoms with Crippen molar-refractivity contribution in [2.24, 2.45) is 0 Å². The Morgan fingerprint density at radius 3 is 2.94 bits per heavy atom. The molecule has 0 atom stereocenters. The Bertz CT molecular complexity index is 558. The number of benzene rings is 1. The number of aromatic nitrogens is 2. The summed E-state index contributed by atoms with van der Waals surface area (Å²) in [4.78, 5) is 4.20. The lowest BCUT2D eigenvalue weighted by molar-refractivity contribution is 0.619. The number of nitrogens with zero attached hydrogens (tertiary/aromatic N) is 2.